The lowest BCUT2D eigenvalue weighted by atomic mass is 9.30. The minimum Gasteiger partial charge on any atom is -0.506 e. The number of anilines is 1. The summed E-state index contributed by atoms with van der Waals surface area (Å²) in [6, 6.07) is 20.8. The minimum atomic E-state index is -0.822. The van der Waals surface area contributed by atoms with E-state index >= 15 is 0 Å². The first kappa shape index (κ1) is 34.6. The van der Waals surface area contributed by atoms with Crippen LogP contribution in [-0.2, 0) is 16.2 Å². The number of hydrogen-bond acceptors (Lipinski definition) is 4. The first-order valence-corrected chi connectivity index (χ1v) is 22.4. The van der Waals surface area contributed by atoms with Gasteiger partial charge in [-0.1, -0.05) is 32.0 Å². The molecular formula is C51H61NO4. The molecular weight excluding hydrogens is 691 g/mol. The zero-order valence-corrected chi connectivity index (χ0v) is 33.7. The zero-order valence-electron chi connectivity index (χ0n) is 33.7. The van der Waals surface area contributed by atoms with Crippen LogP contribution >= 0.6 is 0 Å². The van der Waals surface area contributed by atoms with Crippen LogP contribution in [0, 0.1) is 51.2 Å². The number of nitrogens with two attached hydrogens (primary N) is 1. The van der Waals surface area contributed by atoms with Crippen LogP contribution in [0.5, 0.6) is 17.2 Å². The molecule has 0 heterocycles. The van der Waals surface area contributed by atoms with Crippen molar-refractivity contribution in [1.82, 2.24) is 0 Å². The van der Waals surface area contributed by atoms with Crippen LogP contribution in [0.15, 0.2) is 60.7 Å². The topological polar surface area (TPSA) is 92.8 Å². The highest BCUT2D eigenvalue weighted by Crippen LogP contribution is 2.80. The molecule has 56 heavy (non-hydrogen) atoms. The fourth-order valence-corrected chi connectivity index (χ4v) is 19.3. The van der Waals surface area contributed by atoms with Gasteiger partial charge in [-0.15, -0.1) is 0 Å². The summed E-state index contributed by atoms with van der Waals surface area (Å²) in [5.41, 5.74) is 13.7. The lowest BCUT2D eigenvalue weighted by Gasteiger charge is -2.74. The van der Waals surface area contributed by atoms with Gasteiger partial charge < -0.3 is 20.7 Å². The van der Waals surface area contributed by atoms with Crippen molar-refractivity contribution in [3.8, 4) is 17.2 Å². The Balaban J connectivity index is 0.973. The standard InChI is InChI=1S/C51H61NO4/c1-45-15-35-16-46(2,26-45)28-49(21-35,27-45)41-13-38(56-39-8-10-42(52)43(53)14-39)7-9-40(41)48-19-33-12-34(20-48)25-51(24-33,30-48)50-22-31-11-32(23-50)18-47(17-31,29-50)37-5-3-36(4-6-37)44(54)55/h3-10,13-14,31-35,53H,11-12,15-30,52H2,1-2H3,(H,54,55). The van der Waals surface area contributed by atoms with Gasteiger partial charge in [0, 0.05) is 6.07 Å². The summed E-state index contributed by atoms with van der Waals surface area (Å²) in [5, 5.41) is 20.2. The molecule has 3 aromatic rings. The van der Waals surface area contributed by atoms with E-state index in [1.807, 2.05) is 18.2 Å². The maximum Gasteiger partial charge on any atom is 0.335 e. The monoisotopic (exact) mass is 751 g/mol. The van der Waals surface area contributed by atoms with Crippen molar-refractivity contribution in [2.24, 2.45) is 51.2 Å². The summed E-state index contributed by atoms with van der Waals surface area (Å²) in [7, 11) is 0. The number of aromatic hydroxyl groups is 1. The zero-order chi connectivity index (χ0) is 38.1. The van der Waals surface area contributed by atoms with Gasteiger partial charge in [0.2, 0.25) is 0 Å². The molecule has 0 amide bonds. The average molecular weight is 752 g/mol. The van der Waals surface area contributed by atoms with Crippen molar-refractivity contribution in [3.63, 3.8) is 0 Å². The third-order valence-corrected chi connectivity index (χ3v) is 19.0. The molecule has 12 aliphatic carbocycles. The highest BCUT2D eigenvalue weighted by Gasteiger charge is 2.71. The molecule has 5 heteroatoms. The largest absolute Gasteiger partial charge is 0.506 e. The maximum atomic E-state index is 11.9. The quantitative estimate of drug-likeness (QED) is 0.165. The van der Waals surface area contributed by atoms with Crippen LogP contribution < -0.4 is 10.5 Å². The van der Waals surface area contributed by atoms with Crippen LogP contribution in [0.25, 0.3) is 0 Å². The number of nitrogen functional groups attached to an aromatic ring is 1. The summed E-state index contributed by atoms with van der Waals surface area (Å²) in [4.78, 5) is 11.9. The molecule has 0 radical (unpaired) electrons. The molecule has 0 aromatic heterocycles. The highest BCUT2D eigenvalue weighted by atomic mass is 16.5. The maximum absolute atomic E-state index is 11.9. The molecule has 3 aromatic carbocycles. The van der Waals surface area contributed by atoms with E-state index in [4.69, 9.17) is 10.5 Å². The molecule has 0 aliphatic heterocycles. The fraction of sp³-hybridized carbons (Fsp3) is 0.627. The average Bonchev–Trinajstić information content (AvgIpc) is 3.11. The van der Waals surface area contributed by atoms with Crippen LogP contribution in [0.4, 0.5) is 5.69 Å². The van der Waals surface area contributed by atoms with E-state index in [-0.39, 0.29) is 22.0 Å². The van der Waals surface area contributed by atoms with Crippen molar-refractivity contribution in [1.29, 1.82) is 0 Å². The minimum absolute atomic E-state index is 0.0730. The Morgan fingerprint density at radius 1 is 0.589 bits per heavy atom. The highest BCUT2D eigenvalue weighted by molar-refractivity contribution is 5.87. The second-order valence-electron chi connectivity index (χ2n) is 23.4. The van der Waals surface area contributed by atoms with Crippen molar-refractivity contribution in [2.75, 3.05) is 5.73 Å². The van der Waals surface area contributed by atoms with Gasteiger partial charge in [-0.3, -0.25) is 0 Å². The number of phenols is 1. The van der Waals surface area contributed by atoms with Crippen LogP contribution in [-0.4, -0.2) is 16.2 Å². The van der Waals surface area contributed by atoms with E-state index in [0.717, 1.165) is 35.3 Å². The van der Waals surface area contributed by atoms with E-state index in [0.29, 0.717) is 38.7 Å². The van der Waals surface area contributed by atoms with Crippen molar-refractivity contribution in [3.05, 3.63) is 82.9 Å². The van der Waals surface area contributed by atoms with Crippen LogP contribution in [0.1, 0.15) is 156 Å². The van der Waals surface area contributed by atoms with Gasteiger partial charge in [0.15, 0.2) is 0 Å². The van der Waals surface area contributed by atoms with Crippen molar-refractivity contribution in [2.45, 2.75) is 146 Å². The van der Waals surface area contributed by atoms with Crippen molar-refractivity contribution < 1.29 is 19.7 Å². The Morgan fingerprint density at radius 2 is 1.12 bits per heavy atom. The molecule has 6 atom stereocenters. The summed E-state index contributed by atoms with van der Waals surface area (Å²) in [6.07, 6.45) is 24.6. The van der Waals surface area contributed by atoms with E-state index in [2.05, 4.69) is 44.2 Å². The van der Waals surface area contributed by atoms with Gasteiger partial charge in [-0.05, 0) is 236 Å². The Bertz CT molecular complexity index is 2120. The molecule has 12 aliphatic rings. The predicted octanol–water partition coefficient (Wildman–Crippen LogP) is 12.1. The molecule has 294 valence electrons. The van der Waals surface area contributed by atoms with E-state index in [1.165, 1.54) is 121 Å². The van der Waals surface area contributed by atoms with Gasteiger partial charge in [0.25, 0.3) is 0 Å². The first-order chi connectivity index (χ1) is 26.7. The van der Waals surface area contributed by atoms with E-state index < -0.39 is 5.97 Å². The molecule has 5 nitrogen and oxygen atoms in total. The smallest absolute Gasteiger partial charge is 0.335 e. The van der Waals surface area contributed by atoms with Crippen LogP contribution in [0.3, 0.4) is 0 Å². The van der Waals surface area contributed by atoms with E-state index in [1.54, 1.807) is 23.3 Å². The summed E-state index contributed by atoms with van der Waals surface area (Å²) < 4.78 is 6.65. The number of ether oxygens (including phenoxy) is 1. The number of carboxylic acids is 1. The molecule has 4 N–H and O–H groups in total. The second-order valence-corrected chi connectivity index (χ2v) is 23.4. The Kier molecular flexibility index (Phi) is 6.77. The number of rotatable bonds is 7. The number of hydrogen-bond donors (Lipinski definition) is 3. The molecule has 12 saturated carbocycles. The molecule has 12 fully saturated rings. The van der Waals surface area contributed by atoms with E-state index in [9.17, 15) is 15.0 Å². The van der Waals surface area contributed by atoms with Gasteiger partial charge in [0.05, 0.1) is 11.3 Å². The second kappa shape index (κ2) is 11.0. The Morgan fingerprint density at radius 3 is 1.70 bits per heavy atom. The van der Waals surface area contributed by atoms with Gasteiger partial charge in [-0.2, -0.15) is 0 Å². The Labute approximate surface area is 333 Å². The summed E-state index contributed by atoms with van der Waals surface area (Å²) in [6.45, 7) is 5.25. The number of carboxylic acid groups (broad SMARTS) is 1. The third-order valence-electron chi connectivity index (χ3n) is 19.0. The number of benzene rings is 3. The van der Waals surface area contributed by atoms with Crippen LogP contribution in [0.2, 0.25) is 0 Å². The molecule has 6 unspecified atom stereocenters. The third kappa shape index (κ3) is 4.81. The Hall–Kier alpha value is -3.47. The summed E-state index contributed by atoms with van der Waals surface area (Å²) in [5.74, 6) is 4.81. The number of carbonyl (C=O) groups is 1. The normalized spacial score (nSPS) is 46.1. The first-order valence-electron chi connectivity index (χ1n) is 22.4. The molecule has 0 saturated heterocycles. The fourth-order valence-electron chi connectivity index (χ4n) is 19.3. The lowest BCUT2D eigenvalue weighted by Crippen LogP contribution is -2.66. The van der Waals surface area contributed by atoms with Gasteiger partial charge in [-0.25, -0.2) is 4.79 Å². The summed E-state index contributed by atoms with van der Waals surface area (Å²) >= 11 is 0. The molecule has 0 spiro atoms. The van der Waals surface area contributed by atoms with Gasteiger partial charge in [0.1, 0.15) is 17.2 Å². The molecule has 15 rings (SSSR count). The lowest BCUT2D eigenvalue weighted by molar-refractivity contribution is -0.212. The number of aromatic carboxylic acids is 1. The molecule has 12 bridgehead atoms. The van der Waals surface area contributed by atoms with Gasteiger partial charge >= 0.3 is 5.97 Å². The SMILES string of the molecule is CC12CC3CC(C)(C1)CC(c1cc(Oc4ccc(N)c(O)c4)ccc1C14CC5CC(C1)CC(C16CC7CC(CC(c8ccc(C(=O)O)cc8)(C7)C1)C6)(C5)C4)(C3)C2. The number of phenolic OH excluding ortho intramolecular Hbond substituents is 1. The predicted molar refractivity (Wildman–Crippen MR) is 219 cm³/mol. The van der Waals surface area contributed by atoms with Crippen molar-refractivity contribution >= 4 is 11.7 Å².